The minimum absolute atomic E-state index is 0.0761. The van der Waals surface area contributed by atoms with E-state index in [0.717, 1.165) is 47.6 Å². The van der Waals surface area contributed by atoms with Crippen molar-refractivity contribution in [1.82, 2.24) is 15.3 Å². The van der Waals surface area contributed by atoms with Gasteiger partial charge in [0.2, 0.25) is 5.91 Å². The molecule has 0 saturated heterocycles. The molecule has 1 aromatic rings. The van der Waals surface area contributed by atoms with Crippen molar-refractivity contribution in [2.45, 2.75) is 84.0 Å². The quantitative estimate of drug-likeness (QED) is 0.376. The maximum absolute atomic E-state index is 11.8. The third kappa shape index (κ3) is 7.35. The van der Waals surface area contributed by atoms with E-state index in [-0.39, 0.29) is 12.5 Å². The van der Waals surface area contributed by atoms with Crippen LogP contribution in [0.1, 0.15) is 95.4 Å². The Morgan fingerprint density at radius 1 is 1.08 bits per heavy atom. The third-order valence-corrected chi connectivity index (χ3v) is 8.22. The van der Waals surface area contributed by atoms with E-state index < -0.39 is 0 Å². The Morgan fingerprint density at radius 3 is 2.58 bits per heavy atom. The second kappa shape index (κ2) is 13.5. The number of amides is 1. The van der Waals surface area contributed by atoms with Crippen LogP contribution in [0.15, 0.2) is 48.3 Å². The molecule has 0 radical (unpaired) electrons. The van der Waals surface area contributed by atoms with Crippen LogP contribution in [0, 0.1) is 17.8 Å². The number of aromatic nitrogens is 2. The van der Waals surface area contributed by atoms with Crippen molar-refractivity contribution >= 4 is 23.3 Å². The van der Waals surface area contributed by atoms with Crippen LogP contribution in [0.2, 0.25) is 0 Å². The van der Waals surface area contributed by atoms with Gasteiger partial charge in [0.1, 0.15) is 6.29 Å². The van der Waals surface area contributed by atoms with Gasteiger partial charge in [0.05, 0.1) is 6.54 Å². The van der Waals surface area contributed by atoms with E-state index in [9.17, 15) is 9.59 Å². The molecular weight excluding hydrogens is 446 g/mol. The average Bonchev–Trinajstić information content (AvgIpc) is 3.17. The maximum Gasteiger partial charge on any atom is 0.220 e. The monoisotopic (exact) mass is 487 g/mol. The Hall–Kier alpha value is -2.82. The number of rotatable bonds is 10. The lowest BCUT2D eigenvalue weighted by Gasteiger charge is -2.35. The lowest BCUT2D eigenvalue weighted by Crippen LogP contribution is -2.24. The Balaban J connectivity index is 1.30. The molecule has 1 saturated carbocycles. The number of hydrogen-bond acceptors (Lipinski definition) is 4. The molecule has 0 aromatic carbocycles. The van der Waals surface area contributed by atoms with Gasteiger partial charge in [-0.2, -0.15) is 0 Å². The van der Waals surface area contributed by atoms with Gasteiger partial charge in [-0.1, -0.05) is 68.6 Å². The van der Waals surface area contributed by atoms with E-state index >= 15 is 0 Å². The summed E-state index contributed by atoms with van der Waals surface area (Å²) >= 11 is 0. The van der Waals surface area contributed by atoms with Gasteiger partial charge in [-0.25, -0.2) is 9.97 Å². The van der Waals surface area contributed by atoms with Crippen molar-refractivity contribution in [1.29, 1.82) is 0 Å². The molecule has 5 heteroatoms. The van der Waals surface area contributed by atoms with Crippen LogP contribution in [0.3, 0.4) is 0 Å². The highest BCUT2D eigenvalue weighted by molar-refractivity contribution is 5.78. The molecule has 0 spiro atoms. The highest BCUT2D eigenvalue weighted by Gasteiger charge is 2.28. The van der Waals surface area contributed by atoms with Gasteiger partial charge < -0.3 is 10.1 Å². The van der Waals surface area contributed by atoms with E-state index in [2.05, 4.69) is 46.5 Å². The first-order valence-corrected chi connectivity index (χ1v) is 13.9. The summed E-state index contributed by atoms with van der Waals surface area (Å²) in [5.74, 6) is 3.40. The predicted molar refractivity (Wildman–Crippen MR) is 146 cm³/mol. The SMILES string of the molecule is CCCC1CCC(C2CC=C(c3cnc(C4=CC=C(CCC(=O)NCC=O)CC=C4)nc3)CC2)CC1. The van der Waals surface area contributed by atoms with Crippen molar-refractivity contribution in [3.63, 3.8) is 0 Å². The first-order chi connectivity index (χ1) is 17.7. The summed E-state index contributed by atoms with van der Waals surface area (Å²) in [6, 6.07) is 0. The standard InChI is InChI=1S/C31H41N3O2/c1-2-4-23-7-11-25(12-8-23)26-14-16-27(17-15-26)29-21-33-31(34-22-29)28-6-3-5-24(9-13-28)10-18-30(36)32-19-20-35/h3,6,9,13,16,20-23,25-26H,2,4-5,7-8,10-12,14-15,17-19H2,1H3,(H,32,36). The summed E-state index contributed by atoms with van der Waals surface area (Å²) in [7, 11) is 0. The fourth-order valence-corrected chi connectivity index (χ4v) is 6.07. The van der Waals surface area contributed by atoms with Crippen LogP contribution in [-0.4, -0.2) is 28.7 Å². The van der Waals surface area contributed by atoms with Crippen molar-refractivity contribution < 1.29 is 9.59 Å². The maximum atomic E-state index is 11.8. The van der Waals surface area contributed by atoms with Crippen LogP contribution in [0.4, 0.5) is 0 Å². The van der Waals surface area contributed by atoms with E-state index in [0.29, 0.717) is 19.1 Å². The molecule has 3 aliphatic carbocycles. The number of aldehydes is 1. The van der Waals surface area contributed by atoms with Crippen molar-refractivity contribution in [3.05, 3.63) is 59.7 Å². The summed E-state index contributed by atoms with van der Waals surface area (Å²) in [5, 5.41) is 2.59. The van der Waals surface area contributed by atoms with Gasteiger partial charge >= 0.3 is 0 Å². The van der Waals surface area contributed by atoms with E-state index in [1.54, 1.807) is 0 Å². The lowest BCUT2D eigenvalue weighted by atomic mass is 9.70. The molecule has 0 bridgehead atoms. The Kier molecular flexibility index (Phi) is 9.83. The number of nitrogens with one attached hydrogen (secondary N) is 1. The zero-order chi connectivity index (χ0) is 25.2. The summed E-state index contributed by atoms with van der Waals surface area (Å²) in [5.41, 5.74) is 4.72. The van der Waals surface area contributed by atoms with Crippen LogP contribution >= 0.6 is 0 Å². The van der Waals surface area contributed by atoms with Gasteiger partial charge in [-0.15, -0.1) is 0 Å². The minimum atomic E-state index is -0.0953. The van der Waals surface area contributed by atoms with Crippen molar-refractivity contribution in [2.75, 3.05) is 6.54 Å². The van der Waals surface area contributed by atoms with Gasteiger partial charge in [0, 0.05) is 30.0 Å². The van der Waals surface area contributed by atoms with Crippen LogP contribution in [0.5, 0.6) is 0 Å². The fourth-order valence-electron chi connectivity index (χ4n) is 6.07. The fraction of sp³-hybridized carbons (Fsp3) is 0.548. The molecule has 1 aromatic heterocycles. The summed E-state index contributed by atoms with van der Waals surface area (Å²) in [6.45, 7) is 2.39. The largest absolute Gasteiger partial charge is 0.349 e. The summed E-state index contributed by atoms with van der Waals surface area (Å²) in [6.07, 6.45) is 29.4. The van der Waals surface area contributed by atoms with E-state index in [1.807, 2.05) is 18.5 Å². The molecule has 1 fully saturated rings. The average molecular weight is 488 g/mol. The molecule has 4 rings (SSSR count). The number of carbonyl (C=O) groups excluding carboxylic acids is 2. The highest BCUT2D eigenvalue weighted by Crippen LogP contribution is 2.42. The van der Waals surface area contributed by atoms with Crippen molar-refractivity contribution in [3.8, 4) is 0 Å². The molecule has 0 aliphatic heterocycles. The Labute approximate surface area is 216 Å². The van der Waals surface area contributed by atoms with Crippen LogP contribution in [0.25, 0.3) is 11.1 Å². The first kappa shape index (κ1) is 26.2. The summed E-state index contributed by atoms with van der Waals surface area (Å²) < 4.78 is 0. The zero-order valence-corrected chi connectivity index (χ0v) is 21.8. The van der Waals surface area contributed by atoms with Gasteiger partial charge in [-0.05, 0) is 68.3 Å². The molecule has 36 heavy (non-hydrogen) atoms. The number of hydrogen-bond donors (Lipinski definition) is 1. The normalized spacial score (nSPS) is 24.2. The minimum Gasteiger partial charge on any atom is -0.349 e. The van der Waals surface area contributed by atoms with Gasteiger partial charge in [-0.3, -0.25) is 4.79 Å². The van der Waals surface area contributed by atoms with Crippen LogP contribution in [-0.2, 0) is 9.59 Å². The van der Waals surface area contributed by atoms with Gasteiger partial charge in [0.25, 0.3) is 0 Å². The highest BCUT2D eigenvalue weighted by atomic mass is 16.2. The molecule has 1 amide bonds. The molecule has 1 heterocycles. The topological polar surface area (TPSA) is 72.0 Å². The van der Waals surface area contributed by atoms with E-state index in [4.69, 9.17) is 0 Å². The third-order valence-electron chi connectivity index (χ3n) is 8.22. The molecule has 1 atom stereocenters. The number of allylic oxidation sites excluding steroid dienone is 8. The molecular formula is C31H41N3O2. The molecule has 192 valence electrons. The second-order valence-electron chi connectivity index (χ2n) is 10.7. The van der Waals surface area contributed by atoms with Crippen LogP contribution < -0.4 is 5.32 Å². The molecule has 5 nitrogen and oxygen atoms in total. The first-order valence-electron chi connectivity index (χ1n) is 13.9. The molecule has 3 aliphatic rings. The molecule has 1 unspecified atom stereocenters. The van der Waals surface area contributed by atoms with E-state index in [1.165, 1.54) is 62.5 Å². The molecule has 1 N–H and O–H groups in total. The number of carbonyl (C=O) groups is 2. The van der Waals surface area contributed by atoms with Crippen molar-refractivity contribution in [2.24, 2.45) is 17.8 Å². The lowest BCUT2D eigenvalue weighted by molar-refractivity contribution is -0.122. The predicted octanol–water partition coefficient (Wildman–Crippen LogP) is 6.63. The Morgan fingerprint density at radius 2 is 1.89 bits per heavy atom. The smallest absolute Gasteiger partial charge is 0.220 e. The second-order valence-corrected chi connectivity index (χ2v) is 10.7. The Bertz CT molecular complexity index is 1010. The van der Waals surface area contributed by atoms with Gasteiger partial charge in [0.15, 0.2) is 5.82 Å². The number of nitrogens with zero attached hydrogens (tertiary/aromatic N) is 2. The zero-order valence-electron chi connectivity index (χ0n) is 21.8. The summed E-state index contributed by atoms with van der Waals surface area (Å²) in [4.78, 5) is 31.5.